The van der Waals surface area contributed by atoms with Crippen molar-refractivity contribution in [1.29, 1.82) is 0 Å². The summed E-state index contributed by atoms with van der Waals surface area (Å²) in [5.41, 5.74) is 1.55. The van der Waals surface area contributed by atoms with Gasteiger partial charge >= 0.3 is 0 Å². The molecule has 0 bridgehead atoms. The minimum atomic E-state index is 0.194. The third-order valence-electron chi connectivity index (χ3n) is 5.27. The molecule has 4 rings (SSSR count). The number of benzene rings is 1. The fourth-order valence-corrected chi connectivity index (χ4v) is 4.29. The molecule has 1 N–H and O–H groups in total. The zero-order valence-electron chi connectivity index (χ0n) is 10.6. The Morgan fingerprint density at radius 3 is 2.78 bits per heavy atom. The minimum absolute atomic E-state index is 0.194. The molecule has 3 aliphatic rings. The van der Waals surface area contributed by atoms with Crippen LogP contribution >= 0.6 is 0 Å². The number of rotatable bonds is 3. The van der Waals surface area contributed by atoms with E-state index < -0.39 is 0 Å². The molecule has 2 heteroatoms. The maximum Gasteiger partial charge on any atom is 0.122 e. The highest BCUT2D eigenvalue weighted by Crippen LogP contribution is 2.62. The van der Waals surface area contributed by atoms with Crippen molar-refractivity contribution in [3.63, 3.8) is 0 Å². The van der Waals surface area contributed by atoms with Gasteiger partial charge in [-0.3, -0.25) is 0 Å². The molecule has 2 saturated carbocycles. The fraction of sp³-hybridized carbons (Fsp3) is 0.625. The van der Waals surface area contributed by atoms with Gasteiger partial charge in [0.2, 0.25) is 0 Å². The average Bonchev–Trinajstić information content (AvgIpc) is 2.86. The zero-order valence-corrected chi connectivity index (χ0v) is 10.6. The SMILES string of the molecule is OCC1(CC2COc3ccccc32)CC2CC2C1. The molecule has 0 radical (unpaired) electrons. The predicted molar refractivity (Wildman–Crippen MR) is 69.6 cm³/mol. The van der Waals surface area contributed by atoms with E-state index in [2.05, 4.69) is 18.2 Å². The van der Waals surface area contributed by atoms with Crippen LogP contribution in [0.2, 0.25) is 0 Å². The summed E-state index contributed by atoms with van der Waals surface area (Å²) in [5.74, 6) is 3.40. The van der Waals surface area contributed by atoms with Gasteiger partial charge < -0.3 is 9.84 Å². The Kier molecular flexibility index (Phi) is 2.25. The van der Waals surface area contributed by atoms with Crippen molar-refractivity contribution in [3.8, 4) is 5.75 Å². The van der Waals surface area contributed by atoms with Crippen molar-refractivity contribution in [2.75, 3.05) is 13.2 Å². The Labute approximate surface area is 108 Å². The summed E-state index contributed by atoms with van der Waals surface area (Å²) >= 11 is 0. The van der Waals surface area contributed by atoms with Crippen LogP contribution in [-0.4, -0.2) is 18.3 Å². The smallest absolute Gasteiger partial charge is 0.122 e. The Hall–Kier alpha value is -1.02. The summed E-state index contributed by atoms with van der Waals surface area (Å²) in [5, 5.41) is 9.82. The molecule has 0 amide bonds. The number of fused-ring (bicyclic) bond motifs is 2. The van der Waals surface area contributed by atoms with E-state index >= 15 is 0 Å². The summed E-state index contributed by atoms with van der Waals surface area (Å²) < 4.78 is 5.77. The lowest BCUT2D eigenvalue weighted by Gasteiger charge is -2.31. The number of aliphatic hydroxyl groups is 1. The number of ether oxygens (including phenoxy) is 1. The fourth-order valence-electron chi connectivity index (χ4n) is 4.29. The Balaban J connectivity index is 1.55. The van der Waals surface area contributed by atoms with E-state index in [0.29, 0.717) is 12.5 Å². The molecule has 0 aromatic heterocycles. The molecular formula is C16H20O2. The molecule has 96 valence electrons. The monoisotopic (exact) mass is 244 g/mol. The standard InChI is InChI=1S/C16H20O2/c17-10-16(6-11-5-12(11)7-16)8-13-9-18-15-4-2-1-3-14(13)15/h1-4,11-13,17H,5-10H2. The van der Waals surface area contributed by atoms with Crippen LogP contribution in [-0.2, 0) is 0 Å². The maximum atomic E-state index is 9.82. The molecule has 1 aromatic carbocycles. The zero-order chi connectivity index (χ0) is 12.2. The molecule has 2 nitrogen and oxygen atoms in total. The Morgan fingerprint density at radius 1 is 1.22 bits per heavy atom. The second-order valence-corrected chi connectivity index (χ2v) is 6.57. The van der Waals surface area contributed by atoms with Crippen molar-refractivity contribution in [3.05, 3.63) is 29.8 Å². The van der Waals surface area contributed by atoms with Crippen molar-refractivity contribution >= 4 is 0 Å². The lowest BCUT2D eigenvalue weighted by Crippen LogP contribution is -2.26. The van der Waals surface area contributed by atoms with Gasteiger partial charge in [-0.1, -0.05) is 18.2 Å². The van der Waals surface area contributed by atoms with Crippen LogP contribution in [0.15, 0.2) is 24.3 Å². The quantitative estimate of drug-likeness (QED) is 0.885. The number of para-hydroxylation sites is 1. The summed E-state index contributed by atoms with van der Waals surface area (Å²) in [6.45, 7) is 1.16. The van der Waals surface area contributed by atoms with E-state index in [1.165, 1.54) is 24.8 Å². The van der Waals surface area contributed by atoms with Crippen LogP contribution in [0, 0.1) is 17.3 Å². The van der Waals surface area contributed by atoms with Gasteiger partial charge in [-0.15, -0.1) is 0 Å². The van der Waals surface area contributed by atoms with E-state index in [4.69, 9.17) is 4.74 Å². The second-order valence-electron chi connectivity index (χ2n) is 6.57. The lowest BCUT2D eigenvalue weighted by atomic mass is 9.75. The van der Waals surface area contributed by atoms with Crippen LogP contribution in [0.4, 0.5) is 0 Å². The minimum Gasteiger partial charge on any atom is -0.493 e. The molecule has 2 aliphatic carbocycles. The van der Waals surface area contributed by atoms with Crippen LogP contribution in [0.25, 0.3) is 0 Å². The van der Waals surface area contributed by atoms with Gasteiger partial charge in [0.25, 0.3) is 0 Å². The van der Waals surface area contributed by atoms with E-state index in [0.717, 1.165) is 30.6 Å². The molecule has 1 aromatic rings. The number of hydrogen-bond acceptors (Lipinski definition) is 2. The molecule has 18 heavy (non-hydrogen) atoms. The predicted octanol–water partition coefficient (Wildman–Crippen LogP) is 2.96. The summed E-state index contributed by atoms with van der Waals surface area (Å²) in [4.78, 5) is 0. The molecule has 1 heterocycles. The summed E-state index contributed by atoms with van der Waals surface area (Å²) in [6.07, 6.45) is 5.01. The third-order valence-corrected chi connectivity index (χ3v) is 5.27. The normalized spacial score (nSPS) is 40.2. The van der Waals surface area contributed by atoms with Crippen LogP contribution in [0.3, 0.4) is 0 Å². The van der Waals surface area contributed by atoms with E-state index in [9.17, 15) is 5.11 Å². The Bertz CT molecular complexity index is 458. The number of aliphatic hydroxyl groups excluding tert-OH is 1. The summed E-state index contributed by atoms with van der Waals surface area (Å²) in [6, 6.07) is 8.38. The molecule has 1 aliphatic heterocycles. The molecular weight excluding hydrogens is 224 g/mol. The highest BCUT2D eigenvalue weighted by Gasteiger charge is 2.54. The molecule has 2 fully saturated rings. The van der Waals surface area contributed by atoms with Crippen molar-refractivity contribution in [1.82, 2.24) is 0 Å². The van der Waals surface area contributed by atoms with E-state index in [-0.39, 0.29) is 5.41 Å². The number of hydrogen-bond donors (Lipinski definition) is 1. The van der Waals surface area contributed by atoms with Crippen molar-refractivity contribution in [2.45, 2.75) is 31.6 Å². The molecule has 3 unspecified atom stereocenters. The van der Waals surface area contributed by atoms with Gasteiger partial charge in [0.05, 0.1) is 6.61 Å². The van der Waals surface area contributed by atoms with Gasteiger partial charge in [0.15, 0.2) is 0 Å². The molecule has 0 spiro atoms. The van der Waals surface area contributed by atoms with Crippen molar-refractivity contribution in [2.24, 2.45) is 17.3 Å². The molecule has 3 atom stereocenters. The molecule has 0 saturated heterocycles. The summed E-state index contributed by atoms with van der Waals surface area (Å²) in [7, 11) is 0. The largest absolute Gasteiger partial charge is 0.493 e. The van der Waals surface area contributed by atoms with Crippen LogP contribution in [0.1, 0.15) is 37.2 Å². The third kappa shape index (κ3) is 1.58. The maximum absolute atomic E-state index is 9.82. The van der Waals surface area contributed by atoms with Gasteiger partial charge in [-0.25, -0.2) is 0 Å². The van der Waals surface area contributed by atoms with Crippen LogP contribution < -0.4 is 4.74 Å². The topological polar surface area (TPSA) is 29.5 Å². The first kappa shape index (κ1) is 10.9. The highest BCUT2D eigenvalue weighted by molar-refractivity contribution is 5.39. The van der Waals surface area contributed by atoms with E-state index in [1.807, 2.05) is 6.07 Å². The average molecular weight is 244 g/mol. The van der Waals surface area contributed by atoms with Crippen molar-refractivity contribution < 1.29 is 9.84 Å². The first-order valence-electron chi connectivity index (χ1n) is 7.12. The highest BCUT2D eigenvalue weighted by atomic mass is 16.5. The van der Waals surface area contributed by atoms with Gasteiger partial charge in [0, 0.05) is 18.1 Å². The lowest BCUT2D eigenvalue weighted by molar-refractivity contribution is 0.0957. The van der Waals surface area contributed by atoms with Crippen LogP contribution in [0.5, 0.6) is 5.75 Å². The van der Waals surface area contributed by atoms with Gasteiger partial charge in [-0.2, -0.15) is 0 Å². The first-order chi connectivity index (χ1) is 8.80. The first-order valence-corrected chi connectivity index (χ1v) is 7.12. The van der Waals surface area contributed by atoms with Gasteiger partial charge in [-0.05, 0) is 49.0 Å². The second kappa shape index (κ2) is 3.74. The Morgan fingerprint density at radius 2 is 2.00 bits per heavy atom. The van der Waals surface area contributed by atoms with Gasteiger partial charge in [0.1, 0.15) is 5.75 Å². The van der Waals surface area contributed by atoms with E-state index in [1.54, 1.807) is 0 Å².